The molecule has 1 aliphatic heterocycles. The minimum Gasteiger partial charge on any atom is -0.478 e. The molecule has 1 aliphatic rings. The number of aromatic nitrogens is 1. The Morgan fingerprint density at radius 2 is 2.21 bits per heavy atom. The van der Waals surface area contributed by atoms with Crippen LogP contribution in [0.15, 0.2) is 18.3 Å². The molecule has 1 aromatic rings. The second-order valence-electron chi connectivity index (χ2n) is 4.55. The van der Waals surface area contributed by atoms with Crippen molar-refractivity contribution in [1.82, 2.24) is 4.98 Å². The normalized spacial score (nSPS) is 23.7. The van der Waals surface area contributed by atoms with Crippen LogP contribution in [0.3, 0.4) is 0 Å². The fourth-order valence-electron chi connectivity index (χ4n) is 2.47. The maximum Gasteiger partial charge on any atom is 0.393 e. The molecule has 2 atom stereocenters. The third-order valence-electron chi connectivity index (χ3n) is 3.46. The highest BCUT2D eigenvalue weighted by molar-refractivity contribution is 5.93. The molecule has 0 amide bonds. The van der Waals surface area contributed by atoms with Gasteiger partial charge in [-0.2, -0.15) is 13.2 Å². The first-order valence-electron chi connectivity index (χ1n) is 5.84. The molecule has 0 aromatic carbocycles. The molecule has 1 aromatic heterocycles. The average Bonchev–Trinajstić information content (AvgIpc) is 2.70. The van der Waals surface area contributed by atoms with Gasteiger partial charge in [-0.3, -0.25) is 0 Å². The second-order valence-corrected chi connectivity index (χ2v) is 4.55. The van der Waals surface area contributed by atoms with E-state index in [0.717, 1.165) is 0 Å². The molecule has 104 valence electrons. The first-order valence-corrected chi connectivity index (χ1v) is 5.84. The Balaban J connectivity index is 2.32. The molecule has 1 N–H and O–H groups in total. The molecule has 19 heavy (non-hydrogen) atoms. The Bertz CT molecular complexity index is 490. The van der Waals surface area contributed by atoms with Gasteiger partial charge in [-0.05, 0) is 25.5 Å². The SMILES string of the molecule is CC1C(C(F)(F)F)CCN1c1ncccc1C(=O)O. The topological polar surface area (TPSA) is 53.4 Å². The van der Waals surface area contributed by atoms with E-state index in [-0.39, 0.29) is 24.3 Å². The highest BCUT2D eigenvalue weighted by atomic mass is 19.4. The van der Waals surface area contributed by atoms with Crippen molar-refractivity contribution in [1.29, 1.82) is 0 Å². The van der Waals surface area contributed by atoms with E-state index >= 15 is 0 Å². The monoisotopic (exact) mass is 274 g/mol. The summed E-state index contributed by atoms with van der Waals surface area (Å²) in [5.74, 6) is -2.53. The fraction of sp³-hybridized carbons (Fsp3) is 0.500. The van der Waals surface area contributed by atoms with Crippen molar-refractivity contribution in [2.45, 2.75) is 25.6 Å². The van der Waals surface area contributed by atoms with Crippen LogP contribution in [0, 0.1) is 5.92 Å². The molecule has 4 nitrogen and oxygen atoms in total. The zero-order valence-corrected chi connectivity index (χ0v) is 10.2. The summed E-state index contributed by atoms with van der Waals surface area (Å²) in [6, 6.07) is 1.99. The standard InChI is InChI=1S/C12H13F3N2O2/c1-7-9(12(13,14)15)4-6-17(7)10-8(11(18)19)3-2-5-16-10/h2-3,5,7,9H,4,6H2,1H3,(H,18,19). The molecule has 0 spiro atoms. The van der Waals surface area contributed by atoms with Gasteiger partial charge >= 0.3 is 12.1 Å². The van der Waals surface area contributed by atoms with E-state index < -0.39 is 24.1 Å². The van der Waals surface area contributed by atoms with Gasteiger partial charge in [0, 0.05) is 18.8 Å². The molecular formula is C12H13F3N2O2. The van der Waals surface area contributed by atoms with Gasteiger partial charge in [0.1, 0.15) is 11.4 Å². The van der Waals surface area contributed by atoms with Crippen molar-refractivity contribution in [3.05, 3.63) is 23.9 Å². The van der Waals surface area contributed by atoms with Crippen molar-refractivity contribution in [2.75, 3.05) is 11.4 Å². The van der Waals surface area contributed by atoms with E-state index in [1.807, 2.05) is 0 Å². The molecule has 1 saturated heterocycles. The number of aromatic carboxylic acids is 1. The van der Waals surface area contributed by atoms with Crippen molar-refractivity contribution in [3.63, 3.8) is 0 Å². The molecular weight excluding hydrogens is 261 g/mol. The number of nitrogens with zero attached hydrogens (tertiary/aromatic N) is 2. The third-order valence-corrected chi connectivity index (χ3v) is 3.46. The lowest BCUT2D eigenvalue weighted by Crippen LogP contribution is -2.37. The number of hydrogen-bond donors (Lipinski definition) is 1. The van der Waals surface area contributed by atoms with Crippen LogP contribution >= 0.6 is 0 Å². The largest absolute Gasteiger partial charge is 0.478 e. The maximum atomic E-state index is 12.8. The van der Waals surface area contributed by atoms with Crippen LogP contribution in [0.25, 0.3) is 0 Å². The number of carboxylic acids is 1. The van der Waals surface area contributed by atoms with Gasteiger partial charge in [-0.25, -0.2) is 9.78 Å². The minimum absolute atomic E-state index is 0.0414. The van der Waals surface area contributed by atoms with Crippen LogP contribution in [0.2, 0.25) is 0 Å². The summed E-state index contributed by atoms with van der Waals surface area (Å²) < 4.78 is 38.4. The molecule has 2 unspecified atom stereocenters. The summed E-state index contributed by atoms with van der Waals surface area (Å²) in [5.41, 5.74) is -0.0721. The van der Waals surface area contributed by atoms with E-state index in [1.54, 1.807) is 0 Å². The summed E-state index contributed by atoms with van der Waals surface area (Å²) in [5, 5.41) is 9.05. The summed E-state index contributed by atoms with van der Waals surface area (Å²) in [7, 11) is 0. The van der Waals surface area contributed by atoms with Gasteiger partial charge in [0.15, 0.2) is 0 Å². The van der Waals surface area contributed by atoms with Gasteiger partial charge in [0.2, 0.25) is 0 Å². The zero-order chi connectivity index (χ0) is 14.2. The number of halogens is 3. The molecule has 2 rings (SSSR count). The summed E-state index contributed by atoms with van der Waals surface area (Å²) >= 11 is 0. The van der Waals surface area contributed by atoms with Crippen LogP contribution < -0.4 is 4.90 Å². The number of rotatable bonds is 2. The minimum atomic E-state index is -4.27. The van der Waals surface area contributed by atoms with Crippen LogP contribution in [-0.4, -0.2) is 34.8 Å². The van der Waals surface area contributed by atoms with Crippen LogP contribution in [0.1, 0.15) is 23.7 Å². The third kappa shape index (κ3) is 2.50. The Morgan fingerprint density at radius 3 is 2.74 bits per heavy atom. The average molecular weight is 274 g/mol. The molecule has 0 saturated carbocycles. The van der Waals surface area contributed by atoms with Gasteiger partial charge in [-0.15, -0.1) is 0 Å². The molecule has 0 aliphatic carbocycles. The second kappa shape index (κ2) is 4.71. The molecule has 1 fully saturated rings. The number of anilines is 1. The Labute approximate surface area is 107 Å². The summed E-state index contributed by atoms with van der Waals surface area (Å²) in [4.78, 5) is 16.4. The van der Waals surface area contributed by atoms with Crippen molar-refractivity contribution in [3.8, 4) is 0 Å². The van der Waals surface area contributed by atoms with Crippen molar-refractivity contribution >= 4 is 11.8 Å². The highest BCUT2D eigenvalue weighted by Gasteiger charge is 2.49. The smallest absolute Gasteiger partial charge is 0.393 e. The number of alkyl halides is 3. The Kier molecular flexibility index (Phi) is 3.38. The van der Waals surface area contributed by atoms with Crippen LogP contribution in [-0.2, 0) is 0 Å². The lowest BCUT2D eigenvalue weighted by atomic mass is 10.0. The molecule has 2 heterocycles. The molecule has 7 heteroatoms. The summed E-state index contributed by atoms with van der Waals surface area (Å²) in [6.07, 6.45) is -2.93. The number of carboxylic acid groups (broad SMARTS) is 1. The van der Waals surface area contributed by atoms with Gasteiger partial charge < -0.3 is 10.0 Å². The first-order chi connectivity index (χ1) is 8.82. The quantitative estimate of drug-likeness (QED) is 0.900. The van der Waals surface area contributed by atoms with Crippen molar-refractivity contribution in [2.24, 2.45) is 5.92 Å². The van der Waals surface area contributed by atoms with Crippen LogP contribution in [0.4, 0.5) is 19.0 Å². The van der Waals surface area contributed by atoms with E-state index in [1.165, 1.54) is 30.2 Å². The maximum absolute atomic E-state index is 12.8. The number of pyridine rings is 1. The molecule has 0 bridgehead atoms. The number of hydrogen-bond acceptors (Lipinski definition) is 3. The number of carbonyl (C=O) groups is 1. The lowest BCUT2D eigenvalue weighted by molar-refractivity contribution is -0.174. The van der Waals surface area contributed by atoms with E-state index in [4.69, 9.17) is 5.11 Å². The van der Waals surface area contributed by atoms with Crippen LogP contribution in [0.5, 0.6) is 0 Å². The van der Waals surface area contributed by atoms with E-state index in [0.29, 0.717) is 0 Å². The lowest BCUT2D eigenvalue weighted by Gasteiger charge is -2.27. The fourth-order valence-corrected chi connectivity index (χ4v) is 2.47. The molecule has 0 radical (unpaired) electrons. The predicted molar refractivity (Wildman–Crippen MR) is 62.2 cm³/mol. The van der Waals surface area contributed by atoms with Gasteiger partial charge in [0.05, 0.1) is 5.92 Å². The Morgan fingerprint density at radius 1 is 1.53 bits per heavy atom. The van der Waals surface area contributed by atoms with E-state index in [9.17, 15) is 18.0 Å². The van der Waals surface area contributed by atoms with Gasteiger partial charge in [0.25, 0.3) is 0 Å². The summed E-state index contributed by atoms with van der Waals surface area (Å²) in [6.45, 7) is 1.61. The first kappa shape index (κ1) is 13.6. The van der Waals surface area contributed by atoms with E-state index in [2.05, 4.69) is 4.98 Å². The Hall–Kier alpha value is -1.79. The van der Waals surface area contributed by atoms with Gasteiger partial charge in [-0.1, -0.05) is 0 Å². The highest BCUT2D eigenvalue weighted by Crippen LogP contribution is 2.40. The zero-order valence-electron chi connectivity index (χ0n) is 10.2. The van der Waals surface area contributed by atoms with Crippen molar-refractivity contribution < 1.29 is 23.1 Å². The predicted octanol–water partition coefficient (Wildman–Crippen LogP) is 2.56.